The van der Waals surface area contributed by atoms with E-state index in [1.807, 2.05) is 44.2 Å². The lowest BCUT2D eigenvalue weighted by atomic mass is 10.2. The predicted molar refractivity (Wildman–Crippen MR) is 116 cm³/mol. The Kier molecular flexibility index (Phi) is 6.23. The van der Waals surface area contributed by atoms with Gasteiger partial charge in [-0.3, -0.25) is 18.7 Å². The molecule has 0 aliphatic heterocycles. The third-order valence-electron chi connectivity index (χ3n) is 5.08. The molecule has 0 saturated carbocycles. The van der Waals surface area contributed by atoms with E-state index in [9.17, 15) is 14.4 Å². The third-order valence-corrected chi connectivity index (χ3v) is 5.32. The van der Waals surface area contributed by atoms with Gasteiger partial charge in [-0.05, 0) is 44.0 Å². The van der Waals surface area contributed by atoms with Crippen LogP contribution in [0.15, 0.2) is 58.1 Å². The number of rotatable bonds is 6. The molecule has 0 aliphatic rings. The van der Waals surface area contributed by atoms with Gasteiger partial charge in [0.2, 0.25) is 5.91 Å². The van der Waals surface area contributed by atoms with Gasteiger partial charge in [0.1, 0.15) is 6.04 Å². The van der Waals surface area contributed by atoms with Gasteiger partial charge in [0, 0.05) is 11.1 Å². The highest BCUT2D eigenvalue weighted by atomic mass is 35.5. The number of benzene rings is 2. The zero-order valence-electron chi connectivity index (χ0n) is 16.7. The Morgan fingerprint density at radius 3 is 2.45 bits per heavy atom. The predicted octanol–water partition coefficient (Wildman–Crippen LogP) is 3.34. The fourth-order valence-corrected chi connectivity index (χ4v) is 3.38. The minimum absolute atomic E-state index is 0.0225. The van der Waals surface area contributed by atoms with Crippen molar-refractivity contribution in [2.24, 2.45) is 0 Å². The van der Waals surface area contributed by atoms with Gasteiger partial charge in [-0.2, -0.15) is 0 Å². The zero-order valence-corrected chi connectivity index (χ0v) is 17.4. The summed E-state index contributed by atoms with van der Waals surface area (Å²) in [4.78, 5) is 39.1. The molecule has 6 nitrogen and oxygen atoms in total. The summed E-state index contributed by atoms with van der Waals surface area (Å²) in [5.41, 5.74) is 0.226. The van der Waals surface area contributed by atoms with Crippen molar-refractivity contribution in [3.63, 3.8) is 0 Å². The van der Waals surface area contributed by atoms with Gasteiger partial charge in [0.05, 0.1) is 17.4 Å². The van der Waals surface area contributed by atoms with Crippen LogP contribution in [0, 0.1) is 0 Å². The van der Waals surface area contributed by atoms with Crippen LogP contribution in [-0.2, 0) is 11.3 Å². The summed E-state index contributed by atoms with van der Waals surface area (Å²) >= 11 is 6.13. The van der Waals surface area contributed by atoms with Crippen LogP contribution in [0.25, 0.3) is 10.9 Å². The molecule has 1 amide bonds. The van der Waals surface area contributed by atoms with Crippen LogP contribution < -0.4 is 16.6 Å². The number of nitrogens with zero attached hydrogens (tertiary/aromatic N) is 2. The number of carbonyl (C=O) groups excluding carboxylic acids is 1. The van der Waals surface area contributed by atoms with E-state index in [4.69, 9.17) is 11.6 Å². The second kappa shape index (κ2) is 8.66. The van der Waals surface area contributed by atoms with E-state index in [0.717, 1.165) is 12.0 Å². The lowest BCUT2D eigenvalue weighted by Crippen LogP contribution is -2.45. The van der Waals surface area contributed by atoms with E-state index in [0.29, 0.717) is 15.9 Å². The second-order valence-electron chi connectivity index (χ2n) is 7.18. The third kappa shape index (κ3) is 4.27. The van der Waals surface area contributed by atoms with E-state index >= 15 is 0 Å². The first-order valence-corrected chi connectivity index (χ1v) is 10.00. The monoisotopic (exact) mass is 413 g/mol. The summed E-state index contributed by atoms with van der Waals surface area (Å²) < 4.78 is 2.52. The van der Waals surface area contributed by atoms with Crippen molar-refractivity contribution in [1.82, 2.24) is 14.5 Å². The number of carbonyl (C=O) groups is 1. The van der Waals surface area contributed by atoms with Gasteiger partial charge < -0.3 is 5.32 Å². The molecular weight excluding hydrogens is 390 g/mol. The molecule has 2 aromatic carbocycles. The Morgan fingerprint density at radius 1 is 1.10 bits per heavy atom. The maximum absolute atomic E-state index is 13.3. The SMILES string of the molecule is CC[C@H](C)NC(=O)[C@@H](C)n1c(=O)n(Cc2ccccc2)c(=O)c2ccc(Cl)cc21. The summed E-state index contributed by atoms with van der Waals surface area (Å²) in [6.45, 7) is 5.64. The maximum atomic E-state index is 13.3. The number of nitrogens with one attached hydrogen (secondary N) is 1. The van der Waals surface area contributed by atoms with Gasteiger partial charge in [-0.1, -0.05) is 48.9 Å². The van der Waals surface area contributed by atoms with Crippen molar-refractivity contribution in [1.29, 1.82) is 0 Å². The Balaban J connectivity index is 2.21. The molecule has 1 N–H and O–H groups in total. The van der Waals surface area contributed by atoms with Gasteiger partial charge in [-0.15, -0.1) is 0 Å². The fourth-order valence-electron chi connectivity index (χ4n) is 3.21. The van der Waals surface area contributed by atoms with Gasteiger partial charge in [0.25, 0.3) is 5.56 Å². The minimum atomic E-state index is -0.805. The lowest BCUT2D eigenvalue weighted by Gasteiger charge is -2.21. The van der Waals surface area contributed by atoms with Gasteiger partial charge in [0.15, 0.2) is 0 Å². The number of hydrogen-bond acceptors (Lipinski definition) is 3. The molecule has 0 radical (unpaired) electrons. The van der Waals surface area contributed by atoms with E-state index in [-0.39, 0.29) is 18.5 Å². The highest BCUT2D eigenvalue weighted by Crippen LogP contribution is 2.19. The molecule has 2 atom stereocenters. The summed E-state index contributed by atoms with van der Waals surface area (Å²) in [5, 5.41) is 3.63. The molecule has 0 bridgehead atoms. The summed E-state index contributed by atoms with van der Waals surface area (Å²) in [6.07, 6.45) is 0.771. The zero-order chi connectivity index (χ0) is 21.1. The van der Waals surface area contributed by atoms with Crippen molar-refractivity contribution in [3.8, 4) is 0 Å². The summed E-state index contributed by atoms with van der Waals surface area (Å²) in [7, 11) is 0. The van der Waals surface area contributed by atoms with E-state index in [2.05, 4.69) is 5.32 Å². The molecule has 0 saturated heterocycles. The highest BCUT2D eigenvalue weighted by Gasteiger charge is 2.23. The van der Waals surface area contributed by atoms with Crippen molar-refractivity contribution in [2.45, 2.75) is 45.8 Å². The van der Waals surface area contributed by atoms with Crippen molar-refractivity contribution in [2.75, 3.05) is 0 Å². The van der Waals surface area contributed by atoms with Gasteiger partial charge >= 0.3 is 5.69 Å². The molecule has 7 heteroatoms. The summed E-state index contributed by atoms with van der Waals surface area (Å²) in [6, 6.07) is 13.2. The normalized spacial score (nSPS) is 13.2. The van der Waals surface area contributed by atoms with Crippen LogP contribution in [0.5, 0.6) is 0 Å². The Morgan fingerprint density at radius 2 is 1.79 bits per heavy atom. The number of hydrogen-bond donors (Lipinski definition) is 1. The van der Waals surface area contributed by atoms with E-state index < -0.39 is 17.3 Å². The standard InChI is InChI=1S/C22H24ClN3O3/c1-4-14(2)24-20(27)15(3)26-19-12-17(23)10-11-18(19)21(28)25(22(26)29)13-16-8-6-5-7-9-16/h5-12,14-15H,4,13H2,1-3H3,(H,24,27)/t14-,15+/m0/s1. The average Bonchev–Trinajstić information content (AvgIpc) is 2.71. The molecule has 29 heavy (non-hydrogen) atoms. The second-order valence-corrected chi connectivity index (χ2v) is 7.62. The lowest BCUT2D eigenvalue weighted by molar-refractivity contribution is -0.124. The molecule has 0 fully saturated rings. The number of amides is 1. The number of halogens is 1. The molecule has 0 aliphatic carbocycles. The highest BCUT2D eigenvalue weighted by molar-refractivity contribution is 6.31. The quantitative estimate of drug-likeness (QED) is 0.673. The molecule has 3 aromatic rings. The maximum Gasteiger partial charge on any atom is 0.332 e. The first-order valence-electron chi connectivity index (χ1n) is 9.62. The van der Waals surface area contributed by atoms with Crippen LogP contribution >= 0.6 is 11.6 Å². The van der Waals surface area contributed by atoms with Crippen LogP contribution in [0.2, 0.25) is 5.02 Å². The van der Waals surface area contributed by atoms with E-state index in [1.165, 1.54) is 9.13 Å². The minimum Gasteiger partial charge on any atom is -0.352 e. The van der Waals surface area contributed by atoms with Crippen molar-refractivity contribution >= 4 is 28.4 Å². The first-order chi connectivity index (χ1) is 13.8. The van der Waals surface area contributed by atoms with Crippen LogP contribution in [0.3, 0.4) is 0 Å². The largest absolute Gasteiger partial charge is 0.352 e. The molecule has 1 aromatic heterocycles. The van der Waals surface area contributed by atoms with Crippen LogP contribution in [0.4, 0.5) is 0 Å². The molecule has 0 unspecified atom stereocenters. The topological polar surface area (TPSA) is 73.1 Å². The fraction of sp³-hybridized carbons (Fsp3) is 0.318. The molecule has 1 heterocycles. The molecular formula is C22H24ClN3O3. The van der Waals surface area contributed by atoms with Crippen molar-refractivity contribution in [3.05, 3.63) is 80.0 Å². The van der Waals surface area contributed by atoms with Crippen LogP contribution in [0.1, 0.15) is 38.8 Å². The molecule has 0 spiro atoms. The van der Waals surface area contributed by atoms with Crippen LogP contribution in [-0.4, -0.2) is 21.1 Å². The Hall–Kier alpha value is -2.86. The Bertz CT molecular complexity index is 1150. The number of fused-ring (bicyclic) bond motifs is 1. The van der Waals surface area contributed by atoms with Crippen molar-refractivity contribution < 1.29 is 4.79 Å². The Labute approximate surface area is 173 Å². The number of aromatic nitrogens is 2. The first kappa shape index (κ1) is 20.9. The van der Waals surface area contributed by atoms with E-state index in [1.54, 1.807) is 25.1 Å². The molecule has 152 valence electrons. The molecule has 3 rings (SSSR count). The smallest absolute Gasteiger partial charge is 0.332 e. The average molecular weight is 414 g/mol. The summed E-state index contributed by atoms with van der Waals surface area (Å²) in [5.74, 6) is -0.285. The van der Waals surface area contributed by atoms with Gasteiger partial charge in [-0.25, -0.2) is 4.79 Å².